The maximum absolute atomic E-state index is 6.09. The van der Waals surface area contributed by atoms with Crippen LogP contribution >= 0.6 is 6.64 Å². The van der Waals surface area contributed by atoms with Crippen LogP contribution in [0.3, 0.4) is 0 Å². The van der Waals surface area contributed by atoms with E-state index in [2.05, 4.69) is 71.1 Å². The molecule has 0 amide bonds. The minimum Gasteiger partial charge on any atom is -0.497 e. The normalized spacial score (nSPS) is 13.8. The second-order valence-corrected chi connectivity index (χ2v) is 13.7. The van der Waals surface area contributed by atoms with Gasteiger partial charge in [-0.2, -0.15) is 0 Å². The summed E-state index contributed by atoms with van der Waals surface area (Å²) in [6.07, 6.45) is 0. The number of rotatable bonds is 15. The third kappa shape index (κ3) is 9.22. The topological polar surface area (TPSA) is 61.0 Å². The van der Waals surface area contributed by atoms with Crippen LogP contribution in [0.4, 0.5) is 0 Å². The number of nitrogens with one attached hydrogen (secondary N) is 2. The summed E-state index contributed by atoms with van der Waals surface area (Å²) in [7, 11) is 1.68. The summed E-state index contributed by atoms with van der Waals surface area (Å²) in [5.74, 6) is 0.820. The molecule has 0 aliphatic carbocycles. The van der Waals surface area contributed by atoms with E-state index in [1.54, 1.807) is 7.11 Å². The molecule has 0 bridgehead atoms. The standard InChI is InChI=1S/C31H43N2O4PS/c1-25(2)33-38(39,37-30(3,4)5)36-24-23-35-22-21-32-31(26-13-9-7-10-14-26,27-15-11-8-12-16-27)28-17-19-29(34-6)20-18-28/h7-20,25,32H,21-24H2,1-6H3,(H,33,39). The second kappa shape index (κ2) is 14.5. The van der Waals surface area contributed by atoms with Crippen LogP contribution in [-0.2, 0) is 31.1 Å². The number of hydrogen-bond donors (Lipinski definition) is 2. The fraction of sp³-hybridized carbons (Fsp3) is 0.419. The van der Waals surface area contributed by atoms with Crippen LogP contribution < -0.4 is 15.1 Å². The van der Waals surface area contributed by atoms with Crippen molar-refractivity contribution in [3.05, 3.63) is 102 Å². The third-order valence-electron chi connectivity index (χ3n) is 5.87. The maximum atomic E-state index is 6.09. The van der Waals surface area contributed by atoms with Gasteiger partial charge in [0.05, 0.1) is 38.1 Å². The van der Waals surface area contributed by atoms with Gasteiger partial charge in [-0.3, -0.25) is 5.32 Å². The molecule has 0 heterocycles. The fourth-order valence-corrected chi connectivity index (χ4v) is 7.79. The molecule has 0 saturated carbocycles. The van der Waals surface area contributed by atoms with Gasteiger partial charge < -0.3 is 18.5 Å². The quantitative estimate of drug-likeness (QED) is 0.121. The molecule has 0 saturated heterocycles. The van der Waals surface area contributed by atoms with Crippen LogP contribution in [0.2, 0.25) is 0 Å². The molecule has 212 valence electrons. The molecule has 6 nitrogen and oxygen atoms in total. The first-order valence-corrected chi connectivity index (χ1v) is 16.0. The molecule has 0 spiro atoms. The smallest absolute Gasteiger partial charge is 0.262 e. The van der Waals surface area contributed by atoms with E-state index in [9.17, 15) is 0 Å². The zero-order valence-corrected chi connectivity index (χ0v) is 25.7. The summed E-state index contributed by atoms with van der Waals surface area (Å²) in [6.45, 7) is 9.28. The lowest BCUT2D eigenvalue weighted by Gasteiger charge is -2.37. The monoisotopic (exact) mass is 570 g/mol. The Morgan fingerprint density at radius 3 is 1.79 bits per heavy atom. The van der Waals surface area contributed by atoms with E-state index >= 15 is 0 Å². The minimum atomic E-state index is -2.63. The first-order valence-electron chi connectivity index (χ1n) is 13.4. The molecule has 3 aromatic carbocycles. The van der Waals surface area contributed by atoms with Crippen molar-refractivity contribution in [1.29, 1.82) is 0 Å². The SMILES string of the molecule is COc1ccc(C(NCCOCCOP(=S)(NC(C)C)OC(C)(C)C)(c2ccccc2)c2ccccc2)cc1. The van der Waals surface area contributed by atoms with Gasteiger partial charge in [0.15, 0.2) is 0 Å². The molecular weight excluding hydrogens is 527 g/mol. The average molecular weight is 571 g/mol. The third-order valence-corrected chi connectivity index (χ3v) is 8.87. The molecule has 3 aromatic rings. The summed E-state index contributed by atoms with van der Waals surface area (Å²) >= 11 is 5.73. The molecule has 0 aliphatic heterocycles. The second-order valence-electron chi connectivity index (χ2n) is 10.6. The van der Waals surface area contributed by atoms with Gasteiger partial charge in [0, 0.05) is 12.6 Å². The highest BCUT2D eigenvalue weighted by atomic mass is 32.5. The molecule has 0 radical (unpaired) electrons. The van der Waals surface area contributed by atoms with E-state index in [4.69, 9.17) is 30.3 Å². The highest BCUT2D eigenvalue weighted by Crippen LogP contribution is 2.48. The molecule has 8 heteroatoms. The van der Waals surface area contributed by atoms with Crippen LogP contribution in [0.15, 0.2) is 84.9 Å². The predicted octanol–water partition coefficient (Wildman–Crippen LogP) is 6.65. The van der Waals surface area contributed by atoms with E-state index in [-0.39, 0.29) is 6.04 Å². The Bertz CT molecular complexity index is 1130. The van der Waals surface area contributed by atoms with Gasteiger partial charge in [0.1, 0.15) is 5.75 Å². The van der Waals surface area contributed by atoms with Gasteiger partial charge in [0.2, 0.25) is 0 Å². The van der Waals surface area contributed by atoms with E-state index in [1.807, 2.05) is 58.9 Å². The highest BCUT2D eigenvalue weighted by Gasteiger charge is 2.35. The Morgan fingerprint density at radius 1 is 0.769 bits per heavy atom. The van der Waals surface area contributed by atoms with Gasteiger partial charge >= 0.3 is 0 Å². The van der Waals surface area contributed by atoms with E-state index < -0.39 is 17.8 Å². The molecule has 0 aromatic heterocycles. The molecule has 39 heavy (non-hydrogen) atoms. The largest absolute Gasteiger partial charge is 0.497 e. The van der Waals surface area contributed by atoms with E-state index in [0.29, 0.717) is 26.4 Å². The summed E-state index contributed by atoms with van der Waals surface area (Å²) in [6, 6.07) is 29.4. The van der Waals surface area contributed by atoms with Crippen LogP contribution in [0.5, 0.6) is 5.75 Å². The molecule has 0 aliphatic rings. The van der Waals surface area contributed by atoms with Crippen LogP contribution in [0.1, 0.15) is 51.3 Å². The summed E-state index contributed by atoms with van der Waals surface area (Å²) in [5, 5.41) is 7.13. The van der Waals surface area contributed by atoms with Crippen molar-refractivity contribution < 1.29 is 18.5 Å². The number of hydrogen-bond acceptors (Lipinski definition) is 6. The summed E-state index contributed by atoms with van der Waals surface area (Å²) in [5.41, 5.74) is 2.43. The summed E-state index contributed by atoms with van der Waals surface area (Å²) in [4.78, 5) is 0. The van der Waals surface area contributed by atoms with Gasteiger partial charge in [-0.25, -0.2) is 5.09 Å². The Labute approximate surface area is 239 Å². The zero-order chi connectivity index (χ0) is 28.4. The lowest BCUT2D eigenvalue weighted by Crippen LogP contribution is -2.46. The zero-order valence-electron chi connectivity index (χ0n) is 24.0. The van der Waals surface area contributed by atoms with Crippen molar-refractivity contribution in [2.45, 2.75) is 51.8 Å². The van der Waals surface area contributed by atoms with Crippen molar-refractivity contribution >= 4 is 18.4 Å². The molecule has 2 N–H and O–H groups in total. The van der Waals surface area contributed by atoms with Crippen molar-refractivity contribution in [3.8, 4) is 5.75 Å². The fourth-order valence-electron chi connectivity index (χ4n) is 4.42. The molecule has 0 fully saturated rings. The van der Waals surface area contributed by atoms with Gasteiger partial charge in [0.25, 0.3) is 6.64 Å². The first-order chi connectivity index (χ1) is 18.6. The molecule has 3 rings (SSSR count). The number of benzene rings is 3. The van der Waals surface area contributed by atoms with Crippen LogP contribution in [-0.4, -0.2) is 45.1 Å². The van der Waals surface area contributed by atoms with E-state index in [0.717, 1.165) is 22.4 Å². The van der Waals surface area contributed by atoms with Crippen molar-refractivity contribution in [2.24, 2.45) is 0 Å². The van der Waals surface area contributed by atoms with Crippen LogP contribution in [0, 0.1) is 0 Å². The summed E-state index contributed by atoms with van der Waals surface area (Å²) < 4.78 is 23.5. The van der Waals surface area contributed by atoms with Crippen LogP contribution in [0.25, 0.3) is 0 Å². The predicted molar refractivity (Wildman–Crippen MR) is 164 cm³/mol. The van der Waals surface area contributed by atoms with Crippen molar-refractivity contribution in [2.75, 3.05) is 33.5 Å². The minimum absolute atomic E-state index is 0.158. The number of ether oxygens (including phenoxy) is 2. The van der Waals surface area contributed by atoms with Gasteiger partial charge in [-0.15, -0.1) is 0 Å². The lowest BCUT2D eigenvalue weighted by atomic mass is 9.77. The molecule has 1 atom stereocenters. The Balaban J connectivity index is 1.72. The van der Waals surface area contributed by atoms with Crippen molar-refractivity contribution in [1.82, 2.24) is 10.4 Å². The lowest BCUT2D eigenvalue weighted by molar-refractivity contribution is 0.0760. The number of methoxy groups -OCH3 is 1. The Kier molecular flexibility index (Phi) is 11.7. The Morgan fingerprint density at radius 2 is 1.31 bits per heavy atom. The average Bonchev–Trinajstić information content (AvgIpc) is 2.90. The highest BCUT2D eigenvalue weighted by molar-refractivity contribution is 8.09. The first kappa shape index (κ1) is 31.4. The van der Waals surface area contributed by atoms with Gasteiger partial charge in [-0.1, -0.05) is 72.8 Å². The maximum Gasteiger partial charge on any atom is 0.262 e. The van der Waals surface area contributed by atoms with E-state index in [1.165, 1.54) is 0 Å². The van der Waals surface area contributed by atoms with Gasteiger partial charge in [-0.05, 0) is 75.2 Å². The molecular formula is C31H43N2O4PS. The molecule has 1 unspecified atom stereocenters. The Hall–Kier alpha value is -2.09. The van der Waals surface area contributed by atoms with Crippen molar-refractivity contribution in [3.63, 3.8) is 0 Å².